The molecule has 0 fully saturated rings. The second-order valence-corrected chi connectivity index (χ2v) is 3.84. The lowest BCUT2D eigenvalue weighted by Crippen LogP contribution is -2.13. The Labute approximate surface area is 97.1 Å². The van der Waals surface area contributed by atoms with Crippen LogP contribution in [0.15, 0.2) is 12.1 Å². The Morgan fingerprint density at radius 3 is 2.35 bits per heavy atom. The van der Waals surface area contributed by atoms with Gasteiger partial charge in [-0.2, -0.15) is 0 Å². The highest BCUT2D eigenvalue weighted by Gasteiger charge is 2.17. The predicted molar refractivity (Wildman–Crippen MR) is 56.1 cm³/mol. The second-order valence-electron chi connectivity index (χ2n) is 3.84. The molecule has 94 valence electrons. The molecule has 0 radical (unpaired) electrons. The average molecular weight is 246 g/mol. The molecule has 0 saturated heterocycles. The molecule has 0 aliphatic heterocycles. The molecule has 0 bridgehead atoms. The number of hydrogen-bond donors (Lipinski definition) is 1. The first kappa shape index (κ1) is 13.5. The zero-order valence-corrected chi connectivity index (χ0v) is 9.34. The van der Waals surface area contributed by atoms with Crippen LogP contribution in [0.25, 0.3) is 0 Å². The summed E-state index contributed by atoms with van der Waals surface area (Å²) in [5, 5.41) is 8.79. The van der Waals surface area contributed by atoms with Crippen molar-refractivity contribution in [1.29, 1.82) is 0 Å². The maximum Gasteiger partial charge on any atom is 0.306 e. The van der Waals surface area contributed by atoms with Crippen molar-refractivity contribution < 1.29 is 23.1 Å². The summed E-state index contributed by atoms with van der Waals surface area (Å²) in [6, 6.07) is 1.26. The van der Waals surface area contributed by atoms with Gasteiger partial charge in [0.2, 0.25) is 0 Å². The molecule has 0 aliphatic rings. The second kappa shape index (κ2) is 5.70. The van der Waals surface area contributed by atoms with Crippen LogP contribution in [0, 0.1) is 23.4 Å². The summed E-state index contributed by atoms with van der Waals surface area (Å²) in [4.78, 5) is 10.7. The molecule has 0 heterocycles. The fourth-order valence-corrected chi connectivity index (χ4v) is 1.59. The maximum atomic E-state index is 13.2. The zero-order valence-electron chi connectivity index (χ0n) is 9.34. The molecule has 1 atom stereocenters. The van der Waals surface area contributed by atoms with Crippen LogP contribution in [-0.2, 0) is 11.2 Å². The molecule has 1 aromatic rings. The van der Waals surface area contributed by atoms with Gasteiger partial charge in [-0.1, -0.05) is 6.92 Å². The van der Waals surface area contributed by atoms with E-state index in [2.05, 4.69) is 0 Å². The maximum absolute atomic E-state index is 13.2. The van der Waals surface area contributed by atoms with Gasteiger partial charge >= 0.3 is 5.97 Å². The Kier molecular flexibility index (Phi) is 4.54. The first-order chi connectivity index (χ1) is 7.95. The molecule has 0 aromatic heterocycles. The Hall–Kier alpha value is -1.52. The van der Waals surface area contributed by atoms with Crippen LogP contribution < -0.4 is 0 Å². The zero-order chi connectivity index (χ0) is 13.0. The molecule has 1 N–H and O–H groups in total. The minimum absolute atomic E-state index is 0.00333. The van der Waals surface area contributed by atoms with Gasteiger partial charge in [0.05, 0.1) is 5.92 Å². The number of carbonyl (C=O) groups is 1. The quantitative estimate of drug-likeness (QED) is 0.810. The van der Waals surface area contributed by atoms with Gasteiger partial charge in [-0.15, -0.1) is 0 Å². The van der Waals surface area contributed by atoms with Crippen molar-refractivity contribution in [3.63, 3.8) is 0 Å². The standard InChI is InChI=1S/C12H13F3O2/c1-2-7(12(16)17)3-4-8-5-10(14)11(15)6-9(8)13/h5-7H,2-4H2,1H3,(H,16,17). The lowest BCUT2D eigenvalue weighted by Gasteiger charge is -2.10. The van der Waals surface area contributed by atoms with E-state index in [0.29, 0.717) is 12.5 Å². The fraction of sp³-hybridized carbons (Fsp3) is 0.417. The van der Waals surface area contributed by atoms with Crippen molar-refractivity contribution >= 4 is 5.97 Å². The average Bonchev–Trinajstić information content (AvgIpc) is 2.25. The van der Waals surface area contributed by atoms with Gasteiger partial charge in [0, 0.05) is 6.07 Å². The summed E-state index contributed by atoms with van der Waals surface area (Å²) in [5.74, 6) is -4.76. The van der Waals surface area contributed by atoms with Gasteiger partial charge in [0.1, 0.15) is 5.82 Å². The van der Waals surface area contributed by atoms with E-state index in [4.69, 9.17) is 5.11 Å². The minimum atomic E-state index is -1.24. The molecule has 0 aliphatic carbocycles. The molecule has 2 nitrogen and oxygen atoms in total. The van der Waals surface area contributed by atoms with Crippen molar-refractivity contribution in [1.82, 2.24) is 0 Å². The number of rotatable bonds is 5. The van der Waals surface area contributed by atoms with Gasteiger partial charge < -0.3 is 5.11 Å². The van der Waals surface area contributed by atoms with Gasteiger partial charge in [-0.25, -0.2) is 13.2 Å². The molecular formula is C12H13F3O2. The van der Waals surface area contributed by atoms with Crippen LogP contribution in [0.2, 0.25) is 0 Å². The summed E-state index contributed by atoms with van der Waals surface area (Å²) in [5.41, 5.74) is 0.00333. The van der Waals surface area contributed by atoms with Crippen molar-refractivity contribution in [2.45, 2.75) is 26.2 Å². The van der Waals surface area contributed by atoms with Crippen LogP contribution >= 0.6 is 0 Å². The molecule has 1 unspecified atom stereocenters. The molecular weight excluding hydrogens is 233 g/mol. The third kappa shape index (κ3) is 3.47. The normalized spacial score (nSPS) is 12.5. The number of hydrogen-bond acceptors (Lipinski definition) is 1. The van der Waals surface area contributed by atoms with E-state index in [9.17, 15) is 18.0 Å². The van der Waals surface area contributed by atoms with Crippen LogP contribution in [0.4, 0.5) is 13.2 Å². The van der Waals surface area contributed by atoms with Crippen molar-refractivity contribution in [3.05, 3.63) is 35.1 Å². The van der Waals surface area contributed by atoms with Crippen molar-refractivity contribution in [3.8, 4) is 0 Å². The Balaban J connectivity index is 2.75. The van der Waals surface area contributed by atoms with E-state index in [1.54, 1.807) is 6.92 Å². The van der Waals surface area contributed by atoms with E-state index in [1.165, 1.54) is 0 Å². The van der Waals surface area contributed by atoms with Crippen molar-refractivity contribution in [2.75, 3.05) is 0 Å². The van der Waals surface area contributed by atoms with Crippen LogP contribution in [-0.4, -0.2) is 11.1 Å². The summed E-state index contributed by atoms with van der Waals surface area (Å²) < 4.78 is 38.7. The molecule has 0 amide bonds. The van der Waals surface area contributed by atoms with Gasteiger partial charge in [0.25, 0.3) is 0 Å². The summed E-state index contributed by atoms with van der Waals surface area (Å²) in [6.07, 6.45) is 0.697. The summed E-state index contributed by atoms with van der Waals surface area (Å²) >= 11 is 0. The van der Waals surface area contributed by atoms with Gasteiger partial charge in [0.15, 0.2) is 11.6 Å². The molecule has 0 saturated carbocycles. The largest absolute Gasteiger partial charge is 0.481 e. The molecule has 1 aromatic carbocycles. The summed E-state index contributed by atoms with van der Waals surface area (Å²) in [7, 11) is 0. The number of aliphatic carboxylic acids is 1. The van der Waals surface area contributed by atoms with Crippen LogP contribution in [0.1, 0.15) is 25.3 Å². The first-order valence-corrected chi connectivity index (χ1v) is 5.32. The lowest BCUT2D eigenvalue weighted by atomic mass is 9.97. The highest BCUT2D eigenvalue weighted by molar-refractivity contribution is 5.69. The van der Waals surface area contributed by atoms with E-state index in [1.807, 2.05) is 0 Å². The lowest BCUT2D eigenvalue weighted by molar-refractivity contribution is -0.142. The first-order valence-electron chi connectivity index (χ1n) is 5.32. The summed E-state index contributed by atoms with van der Waals surface area (Å²) in [6.45, 7) is 1.71. The van der Waals surface area contributed by atoms with Crippen molar-refractivity contribution in [2.24, 2.45) is 5.92 Å². The van der Waals surface area contributed by atoms with Crippen LogP contribution in [0.3, 0.4) is 0 Å². The topological polar surface area (TPSA) is 37.3 Å². The minimum Gasteiger partial charge on any atom is -0.481 e. The highest BCUT2D eigenvalue weighted by atomic mass is 19.2. The number of aryl methyl sites for hydroxylation is 1. The van der Waals surface area contributed by atoms with Gasteiger partial charge in [-0.05, 0) is 30.9 Å². The Bertz CT molecular complexity index is 418. The Morgan fingerprint density at radius 1 is 1.24 bits per heavy atom. The number of carboxylic acids is 1. The molecule has 0 spiro atoms. The number of halogens is 3. The van der Waals surface area contributed by atoms with E-state index in [0.717, 1.165) is 6.07 Å². The fourth-order valence-electron chi connectivity index (χ4n) is 1.59. The van der Waals surface area contributed by atoms with E-state index in [-0.39, 0.29) is 18.4 Å². The highest BCUT2D eigenvalue weighted by Crippen LogP contribution is 2.18. The third-order valence-corrected chi connectivity index (χ3v) is 2.69. The van der Waals surface area contributed by atoms with E-state index < -0.39 is 29.3 Å². The third-order valence-electron chi connectivity index (χ3n) is 2.69. The SMILES string of the molecule is CCC(CCc1cc(F)c(F)cc1F)C(=O)O. The number of benzene rings is 1. The molecule has 5 heteroatoms. The van der Waals surface area contributed by atoms with Crippen LogP contribution in [0.5, 0.6) is 0 Å². The number of carboxylic acid groups (broad SMARTS) is 1. The van der Waals surface area contributed by atoms with E-state index >= 15 is 0 Å². The molecule has 1 rings (SSSR count). The predicted octanol–water partition coefficient (Wildman–Crippen LogP) is 3.15. The van der Waals surface area contributed by atoms with Gasteiger partial charge in [-0.3, -0.25) is 4.79 Å². The monoisotopic (exact) mass is 246 g/mol. The smallest absolute Gasteiger partial charge is 0.306 e. The molecule has 17 heavy (non-hydrogen) atoms. The Morgan fingerprint density at radius 2 is 1.82 bits per heavy atom.